The first-order valence-corrected chi connectivity index (χ1v) is 4.05. The largest absolute Gasteiger partial charge is 0.508 e. The van der Waals surface area contributed by atoms with Crippen LogP contribution in [0.25, 0.3) is 0 Å². The molecule has 1 unspecified atom stereocenters. The number of hydrogen-bond donors (Lipinski definition) is 3. The Kier molecular flexibility index (Phi) is 3.24. The number of hydrogen-bond acceptors (Lipinski definition) is 3. The van der Waals surface area contributed by atoms with Crippen molar-refractivity contribution in [2.45, 2.75) is 18.9 Å². The molecule has 1 atom stereocenters. The Hall–Kier alpha value is -1.36. The molecule has 0 aromatic heterocycles. The third-order valence-electron chi connectivity index (χ3n) is 1.85. The predicted molar refractivity (Wildman–Crippen MR) is 47.5 cm³/mol. The average molecular weight is 203 g/mol. The molecule has 0 aliphatic heterocycles. The predicted octanol–water partition coefficient (Wildman–Crippen LogP) is 1.23. The van der Waals surface area contributed by atoms with Crippen molar-refractivity contribution >= 4 is 0 Å². The zero-order valence-electron chi connectivity index (χ0n) is 7.32. The van der Waals surface area contributed by atoms with Crippen LogP contribution in [0.1, 0.15) is 5.56 Å². The van der Waals surface area contributed by atoms with E-state index >= 15 is 0 Å². The SMILES string of the molecule is NC(Cc1ccc(O)cc1O)C(F)F. The third-order valence-corrected chi connectivity index (χ3v) is 1.85. The molecule has 5 heteroatoms. The lowest BCUT2D eigenvalue weighted by Crippen LogP contribution is -2.30. The third kappa shape index (κ3) is 2.56. The van der Waals surface area contributed by atoms with Gasteiger partial charge in [0.1, 0.15) is 11.5 Å². The Morgan fingerprint density at radius 3 is 2.43 bits per heavy atom. The number of halogens is 2. The number of aromatic hydroxyl groups is 2. The summed E-state index contributed by atoms with van der Waals surface area (Å²) >= 11 is 0. The molecule has 1 aromatic rings. The summed E-state index contributed by atoms with van der Waals surface area (Å²) in [6.07, 6.45) is -2.74. The number of phenols is 2. The highest BCUT2D eigenvalue weighted by Crippen LogP contribution is 2.24. The molecule has 14 heavy (non-hydrogen) atoms. The molecule has 3 nitrogen and oxygen atoms in total. The number of benzene rings is 1. The number of rotatable bonds is 3. The quantitative estimate of drug-likeness (QED) is 0.692. The molecule has 0 spiro atoms. The van der Waals surface area contributed by atoms with Gasteiger partial charge in [0, 0.05) is 6.07 Å². The topological polar surface area (TPSA) is 66.5 Å². The number of phenolic OH excluding ortho intramolecular Hbond substituents is 2. The standard InChI is InChI=1S/C9H11F2NO2/c10-9(11)7(12)3-5-1-2-6(13)4-8(5)14/h1-2,4,7,9,13-14H,3,12H2. The molecule has 0 aliphatic carbocycles. The van der Waals surface area contributed by atoms with Gasteiger partial charge < -0.3 is 15.9 Å². The maximum Gasteiger partial charge on any atom is 0.253 e. The molecule has 0 saturated carbocycles. The van der Waals surface area contributed by atoms with Gasteiger partial charge in [-0.1, -0.05) is 6.07 Å². The highest BCUT2D eigenvalue weighted by molar-refractivity contribution is 5.39. The lowest BCUT2D eigenvalue weighted by Gasteiger charge is -2.11. The molecular formula is C9H11F2NO2. The van der Waals surface area contributed by atoms with Gasteiger partial charge >= 0.3 is 0 Å². The van der Waals surface area contributed by atoms with Crippen LogP contribution in [-0.2, 0) is 6.42 Å². The normalized spacial score (nSPS) is 13.1. The van der Waals surface area contributed by atoms with Crippen LogP contribution >= 0.6 is 0 Å². The van der Waals surface area contributed by atoms with Gasteiger partial charge in [-0.05, 0) is 18.1 Å². The smallest absolute Gasteiger partial charge is 0.253 e. The monoisotopic (exact) mass is 203 g/mol. The Labute approximate surface area is 79.8 Å². The van der Waals surface area contributed by atoms with Crippen LogP contribution in [0.15, 0.2) is 18.2 Å². The zero-order valence-corrected chi connectivity index (χ0v) is 7.32. The number of alkyl halides is 2. The Bertz CT molecular complexity index is 318. The molecule has 0 heterocycles. The van der Waals surface area contributed by atoms with Gasteiger partial charge in [-0.15, -0.1) is 0 Å². The van der Waals surface area contributed by atoms with Gasteiger partial charge in [0.05, 0.1) is 6.04 Å². The van der Waals surface area contributed by atoms with E-state index in [0.29, 0.717) is 5.56 Å². The van der Waals surface area contributed by atoms with E-state index in [9.17, 15) is 13.9 Å². The summed E-state index contributed by atoms with van der Waals surface area (Å²) < 4.78 is 24.1. The number of nitrogens with two attached hydrogens (primary N) is 1. The lowest BCUT2D eigenvalue weighted by atomic mass is 10.1. The van der Waals surface area contributed by atoms with Crippen molar-refractivity contribution in [3.8, 4) is 11.5 Å². The van der Waals surface area contributed by atoms with Crippen molar-refractivity contribution in [2.24, 2.45) is 5.73 Å². The van der Waals surface area contributed by atoms with E-state index in [-0.39, 0.29) is 17.9 Å². The van der Waals surface area contributed by atoms with Gasteiger partial charge in [0.2, 0.25) is 0 Å². The second kappa shape index (κ2) is 4.23. The summed E-state index contributed by atoms with van der Waals surface area (Å²) in [6.45, 7) is 0. The van der Waals surface area contributed by atoms with E-state index in [1.165, 1.54) is 12.1 Å². The van der Waals surface area contributed by atoms with E-state index in [0.717, 1.165) is 6.07 Å². The van der Waals surface area contributed by atoms with E-state index in [1.54, 1.807) is 0 Å². The molecule has 0 amide bonds. The summed E-state index contributed by atoms with van der Waals surface area (Å²) in [4.78, 5) is 0. The van der Waals surface area contributed by atoms with E-state index in [4.69, 9.17) is 10.8 Å². The van der Waals surface area contributed by atoms with Crippen LogP contribution in [-0.4, -0.2) is 22.7 Å². The molecule has 4 N–H and O–H groups in total. The van der Waals surface area contributed by atoms with Crippen molar-refractivity contribution in [3.05, 3.63) is 23.8 Å². The van der Waals surface area contributed by atoms with Crippen LogP contribution in [0.5, 0.6) is 11.5 Å². The highest BCUT2D eigenvalue weighted by atomic mass is 19.3. The van der Waals surface area contributed by atoms with Crippen molar-refractivity contribution in [2.75, 3.05) is 0 Å². The Morgan fingerprint density at radius 1 is 1.29 bits per heavy atom. The summed E-state index contributed by atoms with van der Waals surface area (Å²) in [5, 5.41) is 18.2. The van der Waals surface area contributed by atoms with E-state index < -0.39 is 12.5 Å². The van der Waals surface area contributed by atoms with Crippen molar-refractivity contribution < 1.29 is 19.0 Å². The minimum absolute atomic E-state index is 0.114. The fourth-order valence-corrected chi connectivity index (χ4v) is 1.07. The average Bonchev–Trinajstić information content (AvgIpc) is 2.09. The molecule has 0 radical (unpaired) electrons. The maximum absolute atomic E-state index is 12.1. The van der Waals surface area contributed by atoms with E-state index in [1.807, 2.05) is 0 Å². The van der Waals surface area contributed by atoms with Gasteiger partial charge in [-0.25, -0.2) is 8.78 Å². The van der Waals surface area contributed by atoms with Crippen molar-refractivity contribution in [1.29, 1.82) is 0 Å². The first-order chi connectivity index (χ1) is 6.50. The molecular weight excluding hydrogens is 192 g/mol. The maximum atomic E-state index is 12.1. The van der Waals surface area contributed by atoms with E-state index in [2.05, 4.69) is 0 Å². The summed E-state index contributed by atoms with van der Waals surface area (Å²) in [7, 11) is 0. The van der Waals surface area contributed by atoms with Gasteiger partial charge in [-0.3, -0.25) is 0 Å². The fraction of sp³-hybridized carbons (Fsp3) is 0.333. The second-order valence-corrected chi connectivity index (χ2v) is 3.02. The van der Waals surface area contributed by atoms with Crippen LogP contribution in [0.4, 0.5) is 8.78 Å². The highest BCUT2D eigenvalue weighted by Gasteiger charge is 2.17. The fourth-order valence-electron chi connectivity index (χ4n) is 1.07. The Balaban J connectivity index is 2.77. The Morgan fingerprint density at radius 2 is 1.93 bits per heavy atom. The second-order valence-electron chi connectivity index (χ2n) is 3.02. The van der Waals surface area contributed by atoms with Crippen LogP contribution in [0.2, 0.25) is 0 Å². The first-order valence-electron chi connectivity index (χ1n) is 4.05. The van der Waals surface area contributed by atoms with Crippen LogP contribution in [0.3, 0.4) is 0 Å². The van der Waals surface area contributed by atoms with Crippen LogP contribution < -0.4 is 5.73 Å². The minimum atomic E-state index is -2.62. The molecule has 1 rings (SSSR count). The minimum Gasteiger partial charge on any atom is -0.508 e. The first kappa shape index (κ1) is 10.7. The van der Waals surface area contributed by atoms with Crippen molar-refractivity contribution in [3.63, 3.8) is 0 Å². The van der Waals surface area contributed by atoms with Crippen molar-refractivity contribution in [1.82, 2.24) is 0 Å². The molecule has 0 bridgehead atoms. The summed E-state index contributed by atoms with van der Waals surface area (Å²) in [5.41, 5.74) is 5.43. The van der Waals surface area contributed by atoms with Gasteiger partial charge in [0.25, 0.3) is 6.43 Å². The zero-order chi connectivity index (χ0) is 10.7. The molecule has 78 valence electrons. The van der Waals surface area contributed by atoms with Gasteiger partial charge in [-0.2, -0.15) is 0 Å². The molecule has 0 aliphatic rings. The summed E-state index contributed by atoms with van der Waals surface area (Å²) in [6, 6.07) is 2.47. The molecule has 1 aromatic carbocycles. The van der Waals surface area contributed by atoms with Gasteiger partial charge in [0.15, 0.2) is 0 Å². The summed E-state index contributed by atoms with van der Waals surface area (Å²) in [5.74, 6) is -0.335. The molecule has 0 saturated heterocycles. The van der Waals surface area contributed by atoms with Crippen LogP contribution in [0, 0.1) is 0 Å². The molecule has 0 fully saturated rings. The lowest BCUT2D eigenvalue weighted by molar-refractivity contribution is 0.115.